The Morgan fingerprint density at radius 3 is 2.69 bits per heavy atom. The number of hydrogen-bond acceptors (Lipinski definition) is 3. The molecule has 0 aromatic heterocycles. The SMILES string of the molecule is CCCCCCCCC(N)C1CSCCO1. The van der Waals surface area contributed by atoms with Crippen LogP contribution < -0.4 is 5.73 Å². The highest BCUT2D eigenvalue weighted by molar-refractivity contribution is 7.99. The van der Waals surface area contributed by atoms with Crippen LogP contribution in [0.1, 0.15) is 51.9 Å². The molecule has 0 bridgehead atoms. The molecule has 0 amide bonds. The molecule has 1 aliphatic rings. The van der Waals surface area contributed by atoms with Crippen LogP contribution in [-0.4, -0.2) is 30.3 Å². The van der Waals surface area contributed by atoms with Crippen LogP contribution in [0.15, 0.2) is 0 Å². The number of ether oxygens (including phenoxy) is 1. The summed E-state index contributed by atoms with van der Waals surface area (Å²) in [7, 11) is 0. The minimum Gasteiger partial charge on any atom is -0.375 e. The van der Waals surface area contributed by atoms with Crippen molar-refractivity contribution in [1.29, 1.82) is 0 Å². The largest absolute Gasteiger partial charge is 0.375 e. The van der Waals surface area contributed by atoms with Crippen molar-refractivity contribution in [3.8, 4) is 0 Å². The van der Waals surface area contributed by atoms with Gasteiger partial charge < -0.3 is 10.5 Å². The van der Waals surface area contributed by atoms with Crippen LogP contribution in [0.3, 0.4) is 0 Å². The van der Waals surface area contributed by atoms with Crippen LogP contribution in [0.25, 0.3) is 0 Å². The molecule has 1 aliphatic heterocycles. The molecule has 1 fully saturated rings. The second kappa shape index (κ2) is 9.32. The molecule has 0 aromatic carbocycles. The quantitative estimate of drug-likeness (QED) is 0.667. The molecular formula is C13H27NOS. The molecule has 2 N–H and O–H groups in total. The Morgan fingerprint density at radius 2 is 2.00 bits per heavy atom. The van der Waals surface area contributed by atoms with Crippen molar-refractivity contribution in [1.82, 2.24) is 0 Å². The summed E-state index contributed by atoms with van der Waals surface area (Å²) < 4.78 is 5.69. The number of unbranched alkanes of at least 4 members (excludes halogenated alkanes) is 5. The zero-order valence-corrected chi connectivity index (χ0v) is 11.4. The second-order valence-corrected chi connectivity index (χ2v) is 5.85. The Balaban J connectivity index is 1.94. The summed E-state index contributed by atoms with van der Waals surface area (Å²) in [5.74, 6) is 2.23. The third kappa shape index (κ3) is 6.12. The topological polar surface area (TPSA) is 35.2 Å². The van der Waals surface area contributed by atoms with Crippen molar-refractivity contribution >= 4 is 11.8 Å². The Morgan fingerprint density at radius 1 is 1.25 bits per heavy atom. The Kier molecular flexibility index (Phi) is 8.34. The van der Waals surface area contributed by atoms with Crippen LogP contribution >= 0.6 is 11.8 Å². The van der Waals surface area contributed by atoms with E-state index in [1.54, 1.807) is 0 Å². The molecule has 0 spiro atoms. The van der Waals surface area contributed by atoms with E-state index >= 15 is 0 Å². The van der Waals surface area contributed by atoms with Crippen LogP contribution in [0.2, 0.25) is 0 Å². The maximum Gasteiger partial charge on any atom is 0.0816 e. The van der Waals surface area contributed by atoms with Crippen LogP contribution in [-0.2, 0) is 4.74 Å². The molecule has 0 radical (unpaired) electrons. The van der Waals surface area contributed by atoms with E-state index in [9.17, 15) is 0 Å². The Bertz CT molecular complexity index is 160. The molecule has 96 valence electrons. The zero-order chi connectivity index (χ0) is 11.6. The smallest absolute Gasteiger partial charge is 0.0816 e. The summed E-state index contributed by atoms with van der Waals surface area (Å²) in [5.41, 5.74) is 6.15. The van der Waals surface area contributed by atoms with Crippen molar-refractivity contribution < 1.29 is 4.74 Å². The molecule has 0 aliphatic carbocycles. The van der Waals surface area contributed by atoms with Gasteiger partial charge in [-0.25, -0.2) is 0 Å². The molecule has 2 nitrogen and oxygen atoms in total. The summed E-state index contributed by atoms with van der Waals surface area (Å²) in [6.07, 6.45) is 9.54. The van der Waals surface area contributed by atoms with Crippen molar-refractivity contribution in [3.63, 3.8) is 0 Å². The van der Waals surface area contributed by atoms with E-state index in [-0.39, 0.29) is 6.04 Å². The molecule has 1 saturated heterocycles. The van der Waals surface area contributed by atoms with Gasteiger partial charge in [-0.1, -0.05) is 45.4 Å². The first-order valence-corrected chi connectivity index (χ1v) is 7.95. The molecule has 2 unspecified atom stereocenters. The molecule has 2 atom stereocenters. The van der Waals surface area contributed by atoms with Gasteiger partial charge in [0.1, 0.15) is 0 Å². The summed E-state index contributed by atoms with van der Waals surface area (Å²) in [6.45, 7) is 3.15. The molecule has 0 saturated carbocycles. The third-order valence-corrected chi connectivity index (χ3v) is 4.23. The van der Waals surface area contributed by atoms with E-state index < -0.39 is 0 Å². The summed E-state index contributed by atoms with van der Waals surface area (Å²) in [4.78, 5) is 0. The Labute approximate surface area is 105 Å². The maximum absolute atomic E-state index is 6.15. The predicted octanol–water partition coefficient (Wildman–Crippen LogP) is 3.20. The van der Waals surface area contributed by atoms with E-state index in [0.717, 1.165) is 24.5 Å². The highest BCUT2D eigenvalue weighted by Gasteiger charge is 2.20. The van der Waals surface area contributed by atoms with Gasteiger partial charge in [0.05, 0.1) is 12.7 Å². The molecule has 0 aromatic rings. The van der Waals surface area contributed by atoms with Crippen molar-refractivity contribution in [2.45, 2.75) is 64.0 Å². The highest BCUT2D eigenvalue weighted by Crippen LogP contribution is 2.17. The number of hydrogen-bond donors (Lipinski definition) is 1. The fourth-order valence-corrected chi connectivity index (χ4v) is 3.06. The van der Waals surface area contributed by atoms with Gasteiger partial charge >= 0.3 is 0 Å². The number of thioether (sulfide) groups is 1. The van der Waals surface area contributed by atoms with Crippen LogP contribution in [0, 0.1) is 0 Å². The summed E-state index contributed by atoms with van der Waals surface area (Å²) in [6, 6.07) is 0.263. The molecule has 16 heavy (non-hydrogen) atoms. The fourth-order valence-electron chi connectivity index (χ4n) is 2.10. The first-order valence-electron chi connectivity index (χ1n) is 6.79. The van der Waals surface area contributed by atoms with Gasteiger partial charge in [0.15, 0.2) is 0 Å². The fraction of sp³-hybridized carbons (Fsp3) is 1.00. The molecule has 1 heterocycles. The van der Waals surface area contributed by atoms with Crippen molar-refractivity contribution in [2.24, 2.45) is 5.73 Å². The van der Waals surface area contributed by atoms with E-state index in [4.69, 9.17) is 10.5 Å². The van der Waals surface area contributed by atoms with E-state index in [2.05, 4.69) is 6.92 Å². The first-order chi connectivity index (χ1) is 7.84. The Hall–Kier alpha value is 0.270. The number of rotatable bonds is 8. The molecular weight excluding hydrogens is 218 g/mol. The van der Waals surface area contributed by atoms with Crippen LogP contribution in [0.4, 0.5) is 0 Å². The van der Waals surface area contributed by atoms with Gasteiger partial charge in [0.2, 0.25) is 0 Å². The zero-order valence-electron chi connectivity index (χ0n) is 10.6. The van der Waals surface area contributed by atoms with Gasteiger partial charge in [0.25, 0.3) is 0 Å². The lowest BCUT2D eigenvalue weighted by Crippen LogP contribution is -2.41. The van der Waals surface area contributed by atoms with Crippen molar-refractivity contribution in [2.75, 3.05) is 18.1 Å². The van der Waals surface area contributed by atoms with Gasteiger partial charge in [0, 0.05) is 17.5 Å². The van der Waals surface area contributed by atoms with Gasteiger partial charge in [-0.15, -0.1) is 0 Å². The normalized spacial score (nSPS) is 23.2. The molecule has 3 heteroatoms. The van der Waals surface area contributed by atoms with Gasteiger partial charge in [-0.05, 0) is 6.42 Å². The van der Waals surface area contributed by atoms with E-state index in [1.807, 2.05) is 11.8 Å². The lowest BCUT2D eigenvalue weighted by molar-refractivity contribution is 0.0544. The molecule has 1 rings (SSSR count). The van der Waals surface area contributed by atoms with E-state index in [0.29, 0.717) is 6.10 Å². The van der Waals surface area contributed by atoms with Crippen LogP contribution in [0.5, 0.6) is 0 Å². The lowest BCUT2D eigenvalue weighted by Gasteiger charge is -2.27. The lowest BCUT2D eigenvalue weighted by atomic mass is 10.0. The summed E-state index contributed by atoms with van der Waals surface area (Å²) in [5, 5.41) is 0. The second-order valence-electron chi connectivity index (χ2n) is 4.70. The predicted molar refractivity (Wildman–Crippen MR) is 73.0 cm³/mol. The monoisotopic (exact) mass is 245 g/mol. The standard InChI is InChI=1S/C13H27NOS/c1-2-3-4-5-6-7-8-12(14)13-11-16-10-9-15-13/h12-13H,2-11,14H2,1H3. The van der Waals surface area contributed by atoms with Gasteiger partial charge in [-0.3, -0.25) is 0 Å². The average molecular weight is 245 g/mol. The number of nitrogens with two attached hydrogens (primary N) is 1. The van der Waals surface area contributed by atoms with Gasteiger partial charge in [-0.2, -0.15) is 11.8 Å². The minimum atomic E-state index is 0.263. The highest BCUT2D eigenvalue weighted by atomic mass is 32.2. The van der Waals surface area contributed by atoms with E-state index in [1.165, 1.54) is 38.5 Å². The van der Waals surface area contributed by atoms with Crippen molar-refractivity contribution in [3.05, 3.63) is 0 Å². The average Bonchev–Trinajstić information content (AvgIpc) is 2.34. The first kappa shape index (κ1) is 14.3. The minimum absolute atomic E-state index is 0.263. The summed E-state index contributed by atoms with van der Waals surface area (Å²) >= 11 is 1.98. The maximum atomic E-state index is 6.15. The third-order valence-electron chi connectivity index (χ3n) is 3.21.